The van der Waals surface area contributed by atoms with Crippen LogP contribution in [0.1, 0.15) is 34.1 Å². The van der Waals surface area contributed by atoms with Gasteiger partial charge in [0.05, 0.1) is 30.6 Å². The summed E-state index contributed by atoms with van der Waals surface area (Å²) in [7, 11) is 0. The summed E-state index contributed by atoms with van der Waals surface area (Å²) in [5.41, 5.74) is 5.50. The number of benzene rings is 2. The topological polar surface area (TPSA) is 68.5 Å². The summed E-state index contributed by atoms with van der Waals surface area (Å²) < 4.78 is 7.08. The van der Waals surface area contributed by atoms with Crippen molar-refractivity contribution in [2.75, 3.05) is 6.61 Å². The summed E-state index contributed by atoms with van der Waals surface area (Å²) in [5, 5.41) is 8.95. The van der Waals surface area contributed by atoms with E-state index in [4.69, 9.17) is 16.3 Å². The number of ether oxygens (including phenoxy) is 1. The predicted octanol–water partition coefficient (Wildman–Crippen LogP) is 4.06. The summed E-state index contributed by atoms with van der Waals surface area (Å²) in [6, 6.07) is 16.8. The van der Waals surface area contributed by atoms with E-state index in [1.54, 1.807) is 28.9 Å². The van der Waals surface area contributed by atoms with Crippen LogP contribution in [0.3, 0.4) is 0 Å². The Balaban J connectivity index is 1.66. The third-order valence-electron chi connectivity index (χ3n) is 4.07. The van der Waals surface area contributed by atoms with Crippen LogP contribution in [0.5, 0.6) is 5.75 Å². The van der Waals surface area contributed by atoms with Gasteiger partial charge in [-0.3, -0.25) is 4.79 Å². The highest BCUT2D eigenvalue weighted by atomic mass is 35.5. The Morgan fingerprint density at radius 2 is 1.93 bits per heavy atom. The largest absolute Gasteiger partial charge is 0.494 e. The Morgan fingerprint density at radius 3 is 2.61 bits per heavy atom. The molecule has 1 heterocycles. The fraction of sp³-hybridized carbons (Fsp3) is 0.190. The SMILES string of the molecule is CCOc1ccc(C(=O)N/N=C\c2c(C)nn(Cc3ccccc3)c2Cl)cc1. The first kappa shape index (κ1) is 19.6. The van der Waals surface area contributed by atoms with Crippen molar-refractivity contribution in [2.24, 2.45) is 5.10 Å². The molecule has 1 N–H and O–H groups in total. The number of aromatic nitrogens is 2. The molecule has 1 amide bonds. The second-order valence-corrected chi connectivity index (χ2v) is 6.45. The van der Waals surface area contributed by atoms with Gasteiger partial charge in [0.15, 0.2) is 0 Å². The number of halogens is 1. The van der Waals surface area contributed by atoms with Crippen molar-refractivity contribution in [3.63, 3.8) is 0 Å². The second-order valence-electron chi connectivity index (χ2n) is 6.09. The molecule has 28 heavy (non-hydrogen) atoms. The molecule has 144 valence electrons. The van der Waals surface area contributed by atoms with Crippen LogP contribution >= 0.6 is 11.6 Å². The second kappa shape index (κ2) is 9.19. The van der Waals surface area contributed by atoms with Gasteiger partial charge in [-0.1, -0.05) is 41.9 Å². The Bertz CT molecular complexity index is 966. The summed E-state index contributed by atoms with van der Waals surface area (Å²) in [5.74, 6) is 0.403. The summed E-state index contributed by atoms with van der Waals surface area (Å²) in [6.07, 6.45) is 1.51. The van der Waals surface area contributed by atoms with Crippen molar-refractivity contribution < 1.29 is 9.53 Å². The Hall–Kier alpha value is -3.12. The fourth-order valence-corrected chi connectivity index (χ4v) is 2.95. The predicted molar refractivity (Wildman–Crippen MR) is 110 cm³/mol. The zero-order valence-corrected chi connectivity index (χ0v) is 16.5. The number of hydrazone groups is 1. The van der Waals surface area contributed by atoms with Crippen molar-refractivity contribution in [3.8, 4) is 5.75 Å². The molecule has 0 aliphatic rings. The van der Waals surface area contributed by atoms with E-state index < -0.39 is 0 Å². The molecule has 3 rings (SSSR count). The summed E-state index contributed by atoms with van der Waals surface area (Å²) in [4.78, 5) is 12.2. The van der Waals surface area contributed by atoms with Crippen LogP contribution < -0.4 is 10.2 Å². The summed E-state index contributed by atoms with van der Waals surface area (Å²) >= 11 is 6.44. The maximum Gasteiger partial charge on any atom is 0.271 e. The maximum atomic E-state index is 12.2. The number of amides is 1. The molecule has 2 aromatic carbocycles. The Labute approximate surface area is 168 Å². The van der Waals surface area contributed by atoms with Gasteiger partial charge in [-0.25, -0.2) is 10.1 Å². The van der Waals surface area contributed by atoms with Gasteiger partial charge in [0, 0.05) is 5.56 Å². The minimum atomic E-state index is -0.315. The van der Waals surface area contributed by atoms with E-state index in [9.17, 15) is 4.79 Å². The highest BCUT2D eigenvalue weighted by Gasteiger charge is 2.12. The van der Waals surface area contributed by atoms with E-state index in [-0.39, 0.29) is 5.91 Å². The van der Waals surface area contributed by atoms with Crippen LogP contribution in [0.15, 0.2) is 59.7 Å². The molecule has 0 unspecified atom stereocenters. The van der Waals surface area contributed by atoms with E-state index in [2.05, 4.69) is 15.6 Å². The highest BCUT2D eigenvalue weighted by molar-refractivity contribution is 6.32. The zero-order valence-electron chi connectivity index (χ0n) is 15.7. The van der Waals surface area contributed by atoms with Gasteiger partial charge in [0.2, 0.25) is 0 Å². The smallest absolute Gasteiger partial charge is 0.271 e. The number of nitrogens with one attached hydrogen (secondary N) is 1. The highest BCUT2D eigenvalue weighted by Crippen LogP contribution is 2.19. The lowest BCUT2D eigenvalue weighted by atomic mass is 10.2. The molecule has 1 aromatic heterocycles. The van der Waals surface area contributed by atoms with Crippen molar-refractivity contribution in [1.29, 1.82) is 0 Å². The van der Waals surface area contributed by atoms with Gasteiger partial charge in [0.1, 0.15) is 10.9 Å². The summed E-state index contributed by atoms with van der Waals surface area (Å²) in [6.45, 7) is 4.90. The lowest BCUT2D eigenvalue weighted by Gasteiger charge is -2.04. The normalized spacial score (nSPS) is 11.0. The van der Waals surface area contributed by atoms with Crippen LogP contribution in [0, 0.1) is 6.92 Å². The van der Waals surface area contributed by atoms with Crippen LogP contribution in [-0.2, 0) is 6.54 Å². The van der Waals surface area contributed by atoms with Crippen molar-refractivity contribution in [3.05, 3.63) is 82.1 Å². The van der Waals surface area contributed by atoms with E-state index in [1.165, 1.54) is 6.21 Å². The number of aryl methyl sites for hydroxylation is 1. The van der Waals surface area contributed by atoms with Crippen molar-refractivity contribution in [1.82, 2.24) is 15.2 Å². The lowest BCUT2D eigenvalue weighted by Crippen LogP contribution is -2.17. The number of hydrogen-bond donors (Lipinski definition) is 1. The molecule has 0 fully saturated rings. The molecule has 7 heteroatoms. The van der Waals surface area contributed by atoms with Gasteiger partial charge in [0.25, 0.3) is 5.91 Å². The molecule has 0 radical (unpaired) electrons. The van der Waals surface area contributed by atoms with E-state index in [1.807, 2.05) is 44.2 Å². The van der Waals surface area contributed by atoms with Crippen LogP contribution in [0.25, 0.3) is 0 Å². The zero-order chi connectivity index (χ0) is 19.9. The first-order valence-corrected chi connectivity index (χ1v) is 9.29. The van der Waals surface area contributed by atoms with Crippen LogP contribution in [0.2, 0.25) is 5.15 Å². The van der Waals surface area contributed by atoms with E-state index in [0.29, 0.717) is 29.4 Å². The third kappa shape index (κ3) is 4.78. The molecule has 0 saturated carbocycles. The molecule has 0 atom stereocenters. The number of rotatable bonds is 7. The van der Waals surface area contributed by atoms with Gasteiger partial charge in [-0.05, 0) is 43.7 Å². The van der Waals surface area contributed by atoms with Gasteiger partial charge >= 0.3 is 0 Å². The van der Waals surface area contributed by atoms with E-state index >= 15 is 0 Å². The Morgan fingerprint density at radius 1 is 1.21 bits per heavy atom. The monoisotopic (exact) mass is 396 g/mol. The molecule has 0 aliphatic heterocycles. The van der Waals surface area contributed by atoms with Crippen LogP contribution in [0.4, 0.5) is 0 Å². The van der Waals surface area contributed by atoms with Gasteiger partial charge in [-0.15, -0.1) is 0 Å². The van der Waals surface area contributed by atoms with Crippen LogP contribution in [-0.4, -0.2) is 28.5 Å². The number of nitrogens with zero attached hydrogens (tertiary/aromatic N) is 3. The first-order chi connectivity index (χ1) is 13.6. The first-order valence-electron chi connectivity index (χ1n) is 8.91. The minimum Gasteiger partial charge on any atom is -0.494 e. The molecule has 0 bridgehead atoms. The number of carbonyl (C=O) groups excluding carboxylic acids is 1. The number of hydrogen-bond acceptors (Lipinski definition) is 4. The molecular weight excluding hydrogens is 376 g/mol. The third-order valence-corrected chi connectivity index (χ3v) is 4.47. The minimum absolute atomic E-state index is 0.315. The fourth-order valence-electron chi connectivity index (χ4n) is 2.66. The van der Waals surface area contributed by atoms with Gasteiger partial charge < -0.3 is 4.74 Å². The quantitative estimate of drug-likeness (QED) is 0.483. The molecule has 0 spiro atoms. The van der Waals surface area contributed by atoms with Gasteiger partial charge in [-0.2, -0.15) is 10.2 Å². The average molecular weight is 397 g/mol. The maximum absolute atomic E-state index is 12.2. The van der Waals surface area contributed by atoms with E-state index in [0.717, 1.165) is 17.0 Å². The Kier molecular flexibility index (Phi) is 6.45. The molecular formula is C21H21ClN4O2. The van der Waals surface area contributed by atoms with Crippen molar-refractivity contribution >= 4 is 23.7 Å². The van der Waals surface area contributed by atoms with Crippen molar-refractivity contribution in [2.45, 2.75) is 20.4 Å². The lowest BCUT2D eigenvalue weighted by molar-refractivity contribution is 0.0955. The molecule has 3 aromatic rings. The number of carbonyl (C=O) groups is 1. The molecule has 0 aliphatic carbocycles. The standard InChI is InChI=1S/C21H21ClN4O2/c1-3-28-18-11-9-17(10-12-18)21(27)24-23-13-19-15(2)25-26(20(19)22)14-16-7-5-4-6-8-16/h4-13H,3,14H2,1-2H3,(H,24,27)/b23-13-. The molecule has 0 saturated heterocycles. The molecule has 6 nitrogen and oxygen atoms in total. The average Bonchev–Trinajstić information content (AvgIpc) is 2.97.